The van der Waals surface area contributed by atoms with Crippen LogP contribution in [-0.2, 0) is 9.59 Å². The number of hydrogen-bond donors (Lipinski definition) is 0. The minimum atomic E-state index is -0.0902. The van der Waals surface area contributed by atoms with Gasteiger partial charge in [-0.3, -0.25) is 9.59 Å². The first-order valence-corrected chi connectivity index (χ1v) is 4.32. The van der Waals surface area contributed by atoms with Gasteiger partial charge in [0.05, 0.1) is 0 Å². The van der Waals surface area contributed by atoms with Gasteiger partial charge in [0.1, 0.15) is 0 Å². The third-order valence-corrected chi connectivity index (χ3v) is 1.83. The van der Waals surface area contributed by atoms with Gasteiger partial charge >= 0.3 is 0 Å². The Morgan fingerprint density at radius 3 is 1.43 bits per heavy atom. The molecule has 0 aliphatic carbocycles. The standard InChI is InChI=1S/C10H16N2O2/c1-5-11(9(3)13)7-8-12(6-2)10(4)14/h5-6H,1-2,7-8H2,3-4H3. The molecule has 0 aromatic heterocycles. The Balaban J connectivity index is 4.13. The van der Waals surface area contributed by atoms with Crippen LogP contribution in [0.15, 0.2) is 25.6 Å². The summed E-state index contributed by atoms with van der Waals surface area (Å²) < 4.78 is 0. The summed E-state index contributed by atoms with van der Waals surface area (Å²) >= 11 is 0. The molecule has 0 saturated carbocycles. The molecule has 0 spiro atoms. The number of hydrogen-bond acceptors (Lipinski definition) is 2. The number of carbonyl (C=O) groups is 2. The summed E-state index contributed by atoms with van der Waals surface area (Å²) in [6.07, 6.45) is 2.90. The van der Waals surface area contributed by atoms with Crippen molar-refractivity contribution in [1.29, 1.82) is 0 Å². The van der Waals surface area contributed by atoms with E-state index in [1.165, 1.54) is 36.0 Å². The first kappa shape index (κ1) is 12.4. The topological polar surface area (TPSA) is 40.6 Å². The van der Waals surface area contributed by atoms with Gasteiger partial charge in [-0.05, 0) is 12.4 Å². The average molecular weight is 196 g/mol. The lowest BCUT2D eigenvalue weighted by Gasteiger charge is -2.21. The summed E-state index contributed by atoms with van der Waals surface area (Å²) in [4.78, 5) is 24.8. The summed E-state index contributed by atoms with van der Waals surface area (Å²) in [5.74, 6) is -0.180. The fourth-order valence-electron chi connectivity index (χ4n) is 0.970. The van der Waals surface area contributed by atoms with Gasteiger partial charge in [0.25, 0.3) is 0 Å². The van der Waals surface area contributed by atoms with E-state index in [9.17, 15) is 9.59 Å². The SMILES string of the molecule is C=CN(CCN(C=C)C(C)=O)C(C)=O. The predicted molar refractivity (Wildman–Crippen MR) is 55.2 cm³/mol. The summed E-state index contributed by atoms with van der Waals surface area (Å²) in [5, 5.41) is 0. The Kier molecular flexibility index (Phi) is 5.29. The van der Waals surface area contributed by atoms with Gasteiger partial charge in [0, 0.05) is 26.9 Å². The molecule has 14 heavy (non-hydrogen) atoms. The Hall–Kier alpha value is -1.58. The summed E-state index contributed by atoms with van der Waals surface area (Å²) in [5.41, 5.74) is 0. The summed E-state index contributed by atoms with van der Waals surface area (Å²) in [6.45, 7) is 10.8. The zero-order valence-corrected chi connectivity index (χ0v) is 8.69. The Morgan fingerprint density at radius 1 is 1.00 bits per heavy atom. The van der Waals surface area contributed by atoms with E-state index >= 15 is 0 Å². The van der Waals surface area contributed by atoms with Gasteiger partial charge in [0.15, 0.2) is 0 Å². The molecule has 0 atom stereocenters. The van der Waals surface area contributed by atoms with Gasteiger partial charge in [-0.2, -0.15) is 0 Å². The van der Waals surface area contributed by atoms with Crippen molar-refractivity contribution in [2.24, 2.45) is 0 Å². The average Bonchev–Trinajstić information content (AvgIpc) is 2.11. The van der Waals surface area contributed by atoms with E-state index in [2.05, 4.69) is 13.2 Å². The van der Waals surface area contributed by atoms with E-state index in [4.69, 9.17) is 0 Å². The van der Waals surface area contributed by atoms with Crippen molar-refractivity contribution in [3.05, 3.63) is 25.6 Å². The Labute approximate surface area is 84.5 Å². The lowest BCUT2D eigenvalue weighted by Crippen LogP contribution is -2.34. The molecule has 0 aromatic rings. The maximum Gasteiger partial charge on any atom is 0.223 e. The first-order chi connectivity index (χ1) is 6.52. The monoisotopic (exact) mass is 196 g/mol. The van der Waals surface area contributed by atoms with E-state index in [1.807, 2.05) is 0 Å². The molecule has 0 saturated heterocycles. The zero-order chi connectivity index (χ0) is 11.1. The summed E-state index contributed by atoms with van der Waals surface area (Å²) in [7, 11) is 0. The number of amides is 2. The van der Waals surface area contributed by atoms with E-state index in [0.29, 0.717) is 13.1 Å². The van der Waals surface area contributed by atoms with E-state index in [-0.39, 0.29) is 11.8 Å². The molecule has 0 unspecified atom stereocenters. The van der Waals surface area contributed by atoms with E-state index in [0.717, 1.165) is 0 Å². The molecule has 4 heteroatoms. The Morgan fingerprint density at radius 2 is 1.29 bits per heavy atom. The van der Waals surface area contributed by atoms with Crippen molar-refractivity contribution in [3.63, 3.8) is 0 Å². The molecule has 0 N–H and O–H groups in total. The lowest BCUT2D eigenvalue weighted by atomic mass is 10.4. The molecular formula is C10H16N2O2. The summed E-state index contributed by atoms with van der Waals surface area (Å²) in [6, 6.07) is 0. The highest BCUT2D eigenvalue weighted by atomic mass is 16.2. The van der Waals surface area contributed by atoms with Gasteiger partial charge in [0.2, 0.25) is 11.8 Å². The van der Waals surface area contributed by atoms with Crippen molar-refractivity contribution in [3.8, 4) is 0 Å². The van der Waals surface area contributed by atoms with Crippen LogP contribution in [0, 0.1) is 0 Å². The minimum absolute atomic E-state index is 0.0902. The molecular weight excluding hydrogens is 180 g/mol. The first-order valence-electron chi connectivity index (χ1n) is 4.32. The smallest absolute Gasteiger partial charge is 0.223 e. The van der Waals surface area contributed by atoms with Crippen molar-refractivity contribution < 1.29 is 9.59 Å². The molecule has 2 amide bonds. The minimum Gasteiger partial charge on any atom is -0.318 e. The highest BCUT2D eigenvalue weighted by Crippen LogP contribution is 1.94. The highest BCUT2D eigenvalue weighted by Gasteiger charge is 2.08. The molecule has 4 nitrogen and oxygen atoms in total. The van der Waals surface area contributed by atoms with Crippen LogP contribution < -0.4 is 0 Å². The van der Waals surface area contributed by atoms with Crippen LogP contribution in [0.4, 0.5) is 0 Å². The maximum atomic E-state index is 11.0. The van der Waals surface area contributed by atoms with E-state index in [1.54, 1.807) is 0 Å². The second-order valence-corrected chi connectivity index (χ2v) is 2.79. The van der Waals surface area contributed by atoms with Crippen LogP contribution in [0.1, 0.15) is 13.8 Å². The highest BCUT2D eigenvalue weighted by molar-refractivity contribution is 5.75. The molecule has 0 bridgehead atoms. The van der Waals surface area contributed by atoms with Gasteiger partial charge in [-0.15, -0.1) is 0 Å². The van der Waals surface area contributed by atoms with Crippen LogP contribution in [0.2, 0.25) is 0 Å². The van der Waals surface area contributed by atoms with Crippen molar-refractivity contribution >= 4 is 11.8 Å². The molecule has 0 heterocycles. The fraction of sp³-hybridized carbons (Fsp3) is 0.400. The van der Waals surface area contributed by atoms with Crippen LogP contribution >= 0.6 is 0 Å². The second kappa shape index (κ2) is 5.96. The normalized spacial score (nSPS) is 9.00. The number of nitrogens with zero attached hydrogens (tertiary/aromatic N) is 2. The van der Waals surface area contributed by atoms with E-state index < -0.39 is 0 Å². The third kappa shape index (κ3) is 3.89. The van der Waals surface area contributed by atoms with Gasteiger partial charge in [-0.1, -0.05) is 13.2 Å². The number of rotatable bonds is 5. The molecule has 0 radical (unpaired) electrons. The molecule has 0 aliphatic heterocycles. The fourth-order valence-corrected chi connectivity index (χ4v) is 0.970. The number of carbonyl (C=O) groups excluding carboxylic acids is 2. The second-order valence-electron chi connectivity index (χ2n) is 2.79. The lowest BCUT2D eigenvalue weighted by molar-refractivity contribution is -0.129. The van der Waals surface area contributed by atoms with Crippen LogP contribution in [-0.4, -0.2) is 34.7 Å². The predicted octanol–water partition coefficient (Wildman–Crippen LogP) is 0.970. The quantitative estimate of drug-likeness (QED) is 0.657. The Bertz CT molecular complexity index is 223. The third-order valence-electron chi connectivity index (χ3n) is 1.83. The molecule has 0 rings (SSSR count). The van der Waals surface area contributed by atoms with Crippen LogP contribution in [0.25, 0.3) is 0 Å². The molecule has 0 aliphatic rings. The largest absolute Gasteiger partial charge is 0.318 e. The van der Waals surface area contributed by atoms with Crippen molar-refractivity contribution in [2.45, 2.75) is 13.8 Å². The van der Waals surface area contributed by atoms with Gasteiger partial charge < -0.3 is 9.80 Å². The molecule has 0 fully saturated rings. The molecule has 0 aromatic carbocycles. The zero-order valence-electron chi connectivity index (χ0n) is 8.69. The molecule has 78 valence electrons. The van der Waals surface area contributed by atoms with Crippen molar-refractivity contribution in [1.82, 2.24) is 9.80 Å². The van der Waals surface area contributed by atoms with Crippen molar-refractivity contribution in [2.75, 3.05) is 13.1 Å². The van der Waals surface area contributed by atoms with Crippen LogP contribution in [0.3, 0.4) is 0 Å². The maximum absolute atomic E-state index is 11.0. The van der Waals surface area contributed by atoms with Gasteiger partial charge in [-0.25, -0.2) is 0 Å². The van der Waals surface area contributed by atoms with Crippen LogP contribution in [0.5, 0.6) is 0 Å².